The van der Waals surface area contributed by atoms with E-state index in [1.807, 2.05) is 0 Å². The van der Waals surface area contributed by atoms with Gasteiger partial charge in [-0.1, -0.05) is 18.2 Å². The SMILES string of the molecule is Cc1c(-c2c(F)c(F)cc(F)c2F)cccc1-c1c(F)c(F)c(F)c(F)c1F. The van der Waals surface area contributed by atoms with Crippen molar-refractivity contribution in [2.45, 2.75) is 6.92 Å². The molecule has 0 saturated carbocycles. The van der Waals surface area contributed by atoms with Crippen LogP contribution in [-0.4, -0.2) is 0 Å². The number of halogens is 9. The number of hydrogen-bond acceptors (Lipinski definition) is 0. The van der Waals surface area contributed by atoms with Crippen molar-refractivity contribution in [3.63, 3.8) is 0 Å². The highest BCUT2D eigenvalue weighted by molar-refractivity contribution is 5.79. The van der Waals surface area contributed by atoms with E-state index in [4.69, 9.17) is 0 Å². The molecule has 28 heavy (non-hydrogen) atoms. The molecule has 0 aliphatic heterocycles. The van der Waals surface area contributed by atoms with Crippen molar-refractivity contribution >= 4 is 0 Å². The molecule has 0 aromatic heterocycles. The summed E-state index contributed by atoms with van der Waals surface area (Å²) in [5.74, 6) is -18.2. The second-order valence-corrected chi connectivity index (χ2v) is 5.77. The summed E-state index contributed by atoms with van der Waals surface area (Å²) in [4.78, 5) is 0. The molecule has 146 valence electrons. The lowest BCUT2D eigenvalue weighted by Crippen LogP contribution is -2.06. The molecule has 0 nitrogen and oxygen atoms in total. The van der Waals surface area contributed by atoms with Crippen molar-refractivity contribution in [3.8, 4) is 22.3 Å². The Labute approximate surface area is 151 Å². The minimum absolute atomic E-state index is 0.0303. The van der Waals surface area contributed by atoms with Crippen molar-refractivity contribution in [1.82, 2.24) is 0 Å². The number of rotatable bonds is 2. The van der Waals surface area contributed by atoms with E-state index >= 15 is 0 Å². The van der Waals surface area contributed by atoms with Crippen LogP contribution in [0, 0.1) is 59.3 Å². The Morgan fingerprint density at radius 1 is 0.500 bits per heavy atom. The first-order valence-corrected chi connectivity index (χ1v) is 7.52. The van der Waals surface area contributed by atoms with E-state index in [2.05, 4.69) is 0 Å². The predicted octanol–water partition coefficient (Wildman–Crippen LogP) is 6.58. The maximum Gasteiger partial charge on any atom is 0.200 e. The number of benzene rings is 3. The molecule has 9 heteroatoms. The van der Waals surface area contributed by atoms with Crippen molar-refractivity contribution in [1.29, 1.82) is 0 Å². The molecule has 0 radical (unpaired) electrons. The van der Waals surface area contributed by atoms with Crippen LogP contribution in [0.25, 0.3) is 22.3 Å². The molecule has 0 aliphatic carbocycles. The summed E-state index contributed by atoms with van der Waals surface area (Å²) in [6, 6.07) is 2.86. The second kappa shape index (κ2) is 6.88. The summed E-state index contributed by atoms with van der Waals surface area (Å²) >= 11 is 0. The third-order valence-corrected chi connectivity index (χ3v) is 4.19. The summed E-state index contributed by atoms with van der Waals surface area (Å²) in [6.45, 7) is 1.05. The maximum absolute atomic E-state index is 14.1. The highest BCUT2D eigenvalue weighted by atomic mass is 19.2. The van der Waals surface area contributed by atoms with Gasteiger partial charge in [0.15, 0.2) is 46.5 Å². The molecule has 0 spiro atoms. The molecular formula is C19H7F9. The molecule has 0 N–H and O–H groups in total. The lowest BCUT2D eigenvalue weighted by Gasteiger charge is -2.15. The van der Waals surface area contributed by atoms with Crippen molar-refractivity contribution in [3.05, 3.63) is 82.2 Å². The average Bonchev–Trinajstić information content (AvgIpc) is 2.66. The Bertz CT molecular complexity index is 1060. The molecule has 3 aromatic rings. The molecular weight excluding hydrogens is 399 g/mol. The van der Waals surface area contributed by atoms with Crippen molar-refractivity contribution < 1.29 is 39.5 Å². The summed E-state index contributed by atoms with van der Waals surface area (Å²) in [6.07, 6.45) is 0. The first kappa shape index (κ1) is 19.8. The van der Waals surface area contributed by atoms with Crippen LogP contribution in [0.15, 0.2) is 24.3 Å². The Hall–Kier alpha value is -2.97. The molecule has 0 atom stereocenters. The van der Waals surface area contributed by atoms with Gasteiger partial charge >= 0.3 is 0 Å². The number of hydrogen-bond donors (Lipinski definition) is 0. The molecule has 0 saturated heterocycles. The monoisotopic (exact) mass is 406 g/mol. The van der Waals surface area contributed by atoms with Gasteiger partial charge in [-0.3, -0.25) is 0 Å². The summed E-state index contributed by atoms with van der Waals surface area (Å²) in [7, 11) is 0. The van der Waals surface area contributed by atoms with Gasteiger partial charge in [0, 0.05) is 6.07 Å². The molecule has 0 aliphatic rings. The van der Waals surface area contributed by atoms with E-state index in [-0.39, 0.29) is 11.6 Å². The van der Waals surface area contributed by atoms with Crippen molar-refractivity contribution in [2.24, 2.45) is 0 Å². The second-order valence-electron chi connectivity index (χ2n) is 5.77. The van der Waals surface area contributed by atoms with Crippen LogP contribution in [-0.2, 0) is 0 Å². The third-order valence-electron chi connectivity index (χ3n) is 4.19. The zero-order valence-electron chi connectivity index (χ0n) is 13.7. The fourth-order valence-electron chi connectivity index (χ4n) is 2.83. The van der Waals surface area contributed by atoms with Gasteiger partial charge in [-0.05, 0) is 23.6 Å². The van der Waals surface area contributed by atoms with Crippen LogP contribution >= 0.6 is 0 Å². The van der Waals surface area contributed by atoms with Gasteiger partial charge in [0.2, 0.25) is 5.82 Å². The highest BCUT2D eigenvalue weighted by Gasteiger charge is 2.29. The van der Waals surface area contributed by atoms with Crippen molar-refractivity contribution in [2.75, 3.05) is 0 Å². The van der Waals surface area contributed by atoms with E-state index in [1.165, 1.54) is 0 Å². The van der Waals surface area contributed by atoms with Crippen LogP contribution in [0.3, 0.4) is 0 Å². The van der Waals surface area contributed by atoms with Gasteiger partial charge in [0.25, 0.3) is 0 Å². The van der Waals surface area contributed by atoms with Crippen LogP contribution in [0.5, 0.6) is 0 Å². The minimum atomic E-state index is -2.38. The standard InChI is InChI=1S/C19H7F9/c1-6-7(11-13(22)9(20)5-10(21)14(11)23)3-2-4-8(6)12-15(24)17(26)19(28)18(27)16(12)25/h2-5H,1H3. The average molecular weight is 406 g/mol. The lowest BCUT2D eigenvalue weighted by atomic mass is 9.91. The Balaban J connectivity index is 2.38. The van der Waals surface area contributed by atoms with Gasteiger partial charge < -0.3 is 0 Å². The lowest BCUT2D eigenvalue weighted by molar-refractivity contribution is 0.381. The summed E-state index contributed by atoms with van der Waals surface area (Å²) in [5, 5.41) is 0. The smallest absolute Gasteiger partial charge is 0.200 e. The van der Waals surface area contributed by atoms with E-state index in [1.54, 1.807) is 0 Å². The largest absolute Gasteiger partial charge is 0.204 e. The first-order chi connectivity index (χ1) is 13.1. The molecule has 3 aromatic carbocycles. The van der Waals surface area contributed by atoms with E-state index in [0.717, 1.165) is 25.1 Å². The summed E-state index contributed by atoms with van der Waals surface area (Å²) < 4.78 is 124. The molecule has 0 bridgehead atoms. The third kappa shape index (κ3) is 2.81. The van der Waals surface area contributed by atoms with Crippen LogP contribution in [0.2, 0.25) is 0 Å². The quantitative estimate of drug-likeness (QED) is 0.256. The van der Waals surface area contributed by atoms with Gasteiger partial charge in [-0.2, -0.15) is 0 Å². The molecule has 0 unspecified atom stereocenters. The highest BCUT2D eigenvalue weighted by Crippen LogP contribution is 2.39. The molecule has 0 fully saturated rings. The Kier molecular flexibility index (Phi) is 4.86. The Morgan fingerprint density at radius 2 is 0.857 bits per heavy atom. The van der Waals surface area contributed by atoms with Gasteiger partial charge in [-0.15, -0.1) is 0 Å². The van der Waals surface area contributed by atoms with Gasteiger partial charge in [0.1, 0.15) is 0 Å². The maximum atomic E-state index is 14.1. The molecule has 0 amide bonds. The fraction of sp³-hybridized carbons (Fsp3) is 0.0526. The topological polar surface area (TPSA) is 0 Å². The van der Waals surface area contributed by atoms with Crippen LogP contribution in [0.4, 0.5) is 39.5 Å². The summed E-state index contributed by atoms with van der Waals surface area (Å²) in [5.41, 5.74) is -4.02. The fourth-order valence-corrected chi connectivity index (χ4v) is 2.83. The van der Waals surface area contributed by atoms with Gasteiger partial charge in [0.05, 0.1) is 11.1 Å². The van der Waals surface area contributed by atoms with Gasteiger partial charge in [-0.25, -0.2) is 39.5 Å². The Morgan fingerprint density at radius 3 is 1.29 bits per heavy atom. The van der Waals surface area contributed by atoms with Crippen LogP contribution in [0.1, 0.15) is 5.56 Å². The minimum Gasteiger partial charge on any atom is -0.204 e. The zero-order chi connectivity index (χ0) is 20.9. The molecule has 3 rings (SSSR count). The zero-order valence-corrected chi connectivity index (χ0v) is 13.7. The van der Waals surface area contributed by atoms with E-state index in [9.17, 15) is 39.5 Å². The van der Waals surface area contributed by atoms with E-state index < -0.39 is 74.6 Å². The van der Waals surface area contributed by atoms with E-state index in [0.29, 0.717) is 0 Å². The predicted molar refractivity (Wildman–Crippen MR) is 81.7 cm³/mol. The van der Waals surface area contributed by atoms with Crippen LogP contribution < -0.4 is 0 Å². The normalized spacial score (nSPS) is 11.2. The first-order valence-electron chi connectivity index (χ1n) is 7.52. The molecule has 0 heterocycles.